The SMILES string of the molecule is CCOC(=O)c1cc2cc(C=O)c(OC)cc2s1. The third-order valence-electron chi connectivity index (χ3n) is 2.47. The van der Waals surface area contributed by atoms with Gasteiger partial charge in [-0.25, -0.2) is 4.79 Å². The Hall–Kier alpha value is -1.88. The smallest absolute Gasteiger partial charge is 0.348 e. The monoisotopic (exact) mass is 264 g/mol. The van der Waals surface area contributed by atoms with Crippen LogP contribution in [-0.2, 0) is 4.74 Å². The van der Waals surface area contributed by atoms with Crippen LogP contribution in [0.1, 0.15) is 27.0 Å². The number of esters is 1. The molecule has 0 spiro atoms. The van der Waals surface area contributed by atoms with E-state index in [0.29, 0.717) is 22.8 Å². The van der Waals surface area contributed by atoms with E-state index in [4.69, 9.17) is 9.47 Å². The van der Waals surface area contributed by atoms with E-state index < -0.39 is 0 Å². The maximum absolute atomic E-state index is 11.6. The van der Waals surface area contributed by atoms with Crippen molar-refractivity contribution in [1.82, 2.24) is 0 Å². The second-order valence-corrected chi connectivity index (χ2v) is 4.66. The summed E-state index contributed by atoms with van der Waals surface area (Å²) in [5.41, 5.74) is 0.471. The van der Waals surface area contributed by atoms with Crippen molar-refractivity contribution in [2.24, 2.45) is 0 Å². The topological polar surface area (TPSA) is 52.6 Å². The Kier molecular flexibility index (Phi) is 3.62. The zero-order chi connectivity index (χ0) is 13.1. The molecule has 0 aliphatic rings. The number of carbonyl (C=O) groups is 2. The molecule has 1 heterocycles. The lowest BCUT2D eigenvalue weighted by Crippen LogP contribution is -2.01. The maximum Gasteiger partial charge on any atom is 0.348 e. The summed E-state index contributed by atoms with van der Waals surface area (Å²) in [4.78, 5) is 23.0. The summed E-state index contributed by atoms with van der Waals surface area (Å²) in [7, 11) is 1.51. The molecule has 0 fully saturated rings. The van der Waals surface area contributed by atoms with E-state index in [1.165, 1.54) is 18.4 Å². The van der Waals surface area contributed by atoms with Crippen LogP contribution in [0.4, 0.5) is 0 Å². The summed E-state index contributed by atoms with van der Waals surface area (Å²) in [6.45, 7) is 2.11. The van der Waals surface area contributed by atoms with Crippen LogP contribution in [0.25, 0.3) is 10.1 Å². The van der Waals surface area contributed by atoms with Gasteiger partial charge < -0.3 is 9.47 Å². The lowest BCUT2D eigenvalue weighted by molar-refractivity contribution is 0.0532. The van der Waals surface area contributed by atoms with Crippen LogP contribution in [0.2, 0.25) is 0 Å². The minimum Gasteiger partial charge on any atom is -0.496 e. The number of fused-ring (bicyclic) bond motifs is 1. The van der Waals surface area contributed by atoms with Gasteiger partial charge in [0.25, 0.3) is 0 Å². The van der Waals surface area contributed by atoms with E-state index in [0.717, 1.165) is 16.4 Å². The first-order chi connectivity index (χ1) is 8.69. The minimum absolute atomic E-state index is 0.342. The Bertz CT molecular complexity index is 600. The van der Waals surface area contributed by atoms with E-state index in [-0.39, 0.29) is 5.97 Å². The Morgan fingerprint density at radius 1 is 1.39 bits per heavy atom. The fraction of sp³-hybridized carbons (Fsp3) is 0.231. The summed E-state index contributed by atoms with van der Waals surface area (Å²) in [6, 6.07) is 5.19. The highest BCUT2D eigenvalue weighted by molar-refractivity contribution is 7.20. The molecular formula is C13H12O4S. The molecule has 0 saturated carbocycles. The number of ether oxygens (including phenoxy) is 2. The van der Waals surface area contributed by atoms with E-state index in [9.17, 15) is 9.59 Å². The predicted octanol–water partition coefficient (Wildman–Crippen LogP) is 2.90. The number of hydrogen-bond donors (Lipinski definition) is 0. The maximum atomic E-state index is 11.6. The van der Waals surface area contributed by atoms with Crippen LogP contribution in [-0.4, -0.2) is 26.0 Å². The zero-order valence-electron chi connectivity index (χ0n) is 10.1. The molecule has 2 aromatic rings. The molecular weight excluding hydrogens is 252 g/mol. The number of aldehydes is 1. The Balaban J connectivity index is 2.51. The number of methoxy groups -OCH3 is 1. The van der Waals surface area contributed by atoms with Crippen LogP contribution >= 0.6 is 11.3 Å². The fourth-order valence-electron chi connectivity index (χ4n) is 1.66. The van der Waals surface area contributed by atoms with Gasteiger partial charge in [-0.05, 0) is 30.5 Å². The molecule has 2 rings (SSSR count). The molecule has 0 atom stereocenters. The van der Waals surface area contributed by atoms with Gasteiger partial charge in [0.1, 0.15) is 10.6 Å². The first-order valence-corrected chi connectivity index (χ1v) is 6.25. The third-order valence-corrected chi connectivity index (χ3v) is 3.55. The second-order valence-electron chi connectivity index (χ2n) is 3.58. The van der Waals surface area contributed by atoms with Crippen molar-refractivity contribution in [3.63, 3.8) is 0 Å². The molecule has 0 N–H and O–H groups in total. The van der Waals surface area contributed by atoms with Crippen LogP contribution in [0.15, 0.2) is 18.2 Å². The van der Waals surface area contributed by atoms with Gasteiger partial charge in [0, 0.05) is 4.70 Å². The van der Waals surface area contributed by atoms with Gasteiger partial charge in [-0.3, -0.25) is 4.79 Å². The normalized spacial score (nSPS) is 10.3. The molecule has 0 unspecified atom stereocenters. The molecule has 18 heavy (non-hydrogen) atoms. The van der Waals surface area contributed by atoms with Crippen LogP contribution in [0.3, 0.4) is 0 Å². The van der Waals surface area contributed by atoms with E-state index in [1.54, 1.807) is 25.1 Å². The molecule has 1 aromatic carbocycles. The molecule has 0 aliphatic carbocycles. The highest BCUT2D eigenvalue weighted by atomic mass is 32.1. The number of rotatable bonds is 4. The van der Waals surface area contributed by atoms with Crippen molar-refractivity contribution >= 4 is 33.7 Å². The summed E-state index contributed by atoms with van der Waals surface area (Å²) >= 11 is 1.32. The lowest BCUT2D eigenvalue weighted by Gasteiger charge is -2.02. The molecule has 1 aromatic heterocycles. The Labute approximate surface area is 108 Å². The number of thiophene rings is 1. The van der Waals surface area contributed by atoms with Crippen molar-refractivity contribution in [2.75, 3.05) is 13.7 Å². The molecule has 0 bridgehead atoms. The Morgan fingerprint density at radius 2 is 2.17 bits per heavy atom. The molecule has 0 aliphatic heterocycles. The largest absolute Gasteiger partial charge is 0.496 e. The fourth-order valence-corrected chi connectivity index (χ4v) is 2.62. The zero-order valence-corrected chi connectivity index (χ0v) is 10.9. The number of carbonyl (C=O) groups excluding carboxylic acids is 2. The molecule has 5 heteroatoms. The molecule has 4 nitrogen and oxygen atoms in total. The molecule has 0 radical (unpaired) electrons. The van der Waals surface area contributed by atoms with Crippen molar-refractivity contribution in [1.29, 1.82) is 0 Å². The van der Waals surface area contributed by atoms with Gasteiger partial charge in [0.05, 0.1) is 19.3 Å². The highest BCUT2D eigenvalue weighted by Gasteiger charge is 2.13. The first kappa shape index (κ1) is 12.6. The second kappa shape index (κ2) is 5.18. The van der Waals surface area contributed by atoms with Crippen molar-refractivity contribution in [2.45, 2.75) is 6.92 Å². The van der Waals surface area contributed by atoms with E-state index in [2.05, 4.69) is 0 Å². The van der Waals surface area contributed by atoms with Crippen LogP contribution < -0.4 is 4.74 Å². The standard InChI is InChI=1S/C13H12O4S/c1-3-17-13(15)12-5-8-4-9(7-14)10(16-2)6-11(8)18-12/h4-7H,3H2,1-2H3. The summed E-state index contributed by atoms with van der Waals surface area (Å²) in [5.74, 6) is 0.167. The number of hydrogen-bond acceptors (Lipinski definition) is 5. The molecule has 94 valence electrons. The highest BCUT2D eigenvalue weighted by Crippen LogP contribution is 2.31. The third kappa shape index (κ3) is 2.22. The Morgan fingerprint density at radius 3 is 2.78 bits per heavy atom. The summed E-state index contributed by atoms with van der Waals surface area (Å²) < 4.78 is 11.0. The van der Waals surface area contributed by atoms with Gasteiger partial charge in [-0.15, -0.1) is 11.3 Å². The van der Waals surface area contributed by atoms with Gasteiger partial charge >= 0.3 is 5.97 Å². The van der Waals surface area contributed by atoms with Crippen molar-refractivity contribution in [3.05, 3.63) is 28.6 Å². The van der Waals surface area contributed by atoms with Crippen molar-refractivity contribution < 1.29 is 19.1 Å². The predicted molar refractivity (Wildman–Crippen MR) is 69.7 cm³/mol. The first-order valence-electron chi connectivity index (χ1n) is 5.43. The van der Waals surface area contributed by atoms with Gasteiger partial charge in [-0.1, -0.05) is 0 Å². The number of benzene rings is 1. The summed E-state index contributed by atoms with van der Waals surface area (Å²) in [5, 5.41) is 0.839. The van der Waals surface area contributed by atoms with Gasteiger partial charge in [-0.2, -0.15) is 0 Å². The average molecular weight is 264 g/mol. The van der Waals surface area contributed by atoms with Gasteiger partial charge in [0.2, 0.25) is 0 Å². The average Bonchev–Trinajstić information content (AvgIpc) is 2.80. The summed E-state index contributed by atoms with van der Waals surface area (Å²) in [6.07, 6.45) is 0.736. The lowest BCUT2D eigenvalue weighted by atomic mass is 10.1. The molecule has 0 saturated heterocycles. The van der Waals surface area contributed by atoms with Crippen molar-refractivity contribution in [3.8, 4) is 5.75 Å². The minimum atomic E-state index is -0.342. The quantitative estimate of drug-likeness (QED) is 0.629. The van der Waals surface area contributed by atoms with E-state index in [1.807, 2.05) is 0 Å². The van der Waals surface area contributed by atoms with Crippen LogP contribution in [0.5, 0.6) is 5.75 Å². The van der Waals surface area contributed by atoms with E-state index >= 15 is 0 Å². The van der Waals surface area contributed by atoms with Crippen LogP contribution in [0, 0.1) is 0 Å². The van der Waals surface area contributed by atoms with Gasteiger partial charge in [0.15, 0.2) is 6.29 Å². The molecule has 0 amide bonds.